The van der Waals surface area contributed by atoms with E-state index < -0.39 is 24.3 Å². The first-order valence-corrected chi connectivity index (χ1v) is 11.9. The number of amides is 1. The zero-order valence-electron chi connectivity index (χ0n) is 20.6. The summed E-state index contributed by atoms with van der Waals surface area (Å²) in [6.45, 7) is 5.97. The normalized spacial score (nSPS) is 19.5. The Morgan fingerprint density at radius 2 is 2.11 bits per heavy atom. The number of halogens is 1. The van der Waals surface area contributed by atoms with Crippen molar-refractivity contribution < 1.29 is 19.0 Å². The van der Waals surface area contributed by atoms with E-state index in [4.69, 9.17) is 4.74 Å². The van der Waals surface area contributed by atoms with Gasteiger partial charge in [0.15, 0.2) is 29.0 Å². The van der Waals surface area contributed by atoms with Crippen molar-refractivity contribution in [1.82, 2.24) is 34.8 Å². The number of aryl methyl sites for hydroxylation is 1. The molecule has 11 nitrogen and oxygen atoms in total. The van der Waals surface area contributed by atoms with Gasteiger partial charge in [0.05, 0.1) is 24.8 Å². The second kappa shape index (κ2) is 10.1. The van der Waals surface area contributed by atoms with Gasteiger partial charge in [-0.3, -0.25) is 19.3 Å². The molecule has 0 aromatic carbocycles. The summed E-state index contributed by atoms with van der Waals surface area (Å²) < 4.78 is 21.4. The molecule has 37 heavy (non-hydrogen) atoms. The number of aliphatic hydroxyl groups excluding tert-OH is 1. The monoisotopic (exact) mass is 506 g/mol. The van der Waals surface area contributed by atoms with Crippen molar-refractivity contribution in [3.63, 3.8) is 0 Å². The summed E-state index contributed by atoms with van der Waals surface area (Å²) in [6.07, 6.45) is 1.48. The van der Waals surface area contributed by atoms with Crippen LogP contribution in [0.1, 0.15) is 37.9 Å². The highest BCUT2D eigenvalue weighted by molar-refractivity contribution is 5.85. The molecule has 3 N–H and O–H groups in total. The maximum Gasteiger partial charge on any atom is 0.249 e. The van der Waals surface area contributed by atoms with Crippen molar-refractivity contribution in [1.29, 1.82) is 0 Å². The van der Waals surface area contributed by atoms with E-state index in [2.05, 4.69) is 35.6 Å². The van der Waals surface area contributed by atoms with E-state index in [-0.39, 0.29) is 24.2 Å². The van der Waals surface area contributed by atoms with Gasteiger partial charge in [0.1, 0.15) is 18.0 Å². The minimum atomic E-state index is -0.970. The van der Waals surface area contributed by atoms with E-state index >= 15 is 0 Å². The summed E-state index contributed by atoms with van der Waals surface area (Å²) >= 11 is 0. The second-order valence-electron chi connectivity index (χ2n) is 9.22. The zero-order valence-corrected chi connectivity index (χ0v) is 20.6. The van der Waals surface area contributed by atoms with Gasteiger partial charge in [-0.25, -0.2) is 19.3 Å². The number of fused-ring (bicyclic) bond motifs is 1. The molecule has 5 rings (SSSR count). The molecule has 3 atom stereocenters. The van der Waals surface area contributed by atoms with Crippen LogP contribution in [0.25, 0.3) is 22.6 Å². The SMILES string of the molecule is Cc1cccc(CNc2nc(-c3cncc(F)c3)nc3c2ncn3[C@@H]2O[C@H](C(=O)NC(C)C)C[C@H]2O)n1. The number of hydrogen-bond donors (Lipinski definition) is 3. The van der Waals surface area contributed by atoms with Crippen LogP contribution in [0.4, 0.5) is 10.2 Å². The number of nitrogens with one attached hydrogen (secondary N) is 2. The van der Waals surface area contributed by atoms with Crippen LogP contribution in [0.15, 0.2) is 43.0 Å². The molecule has 1 fully saturated rings. The average molecular weight is 507 g/mol. The van der Waals surface area contributed by atoms with Crippen LogP contribution in [-0.4, -0.2) is 58.8 Å². The fourth-order valence-corrected chi connectivity index (χ4v) is 4.21. The van der Waals surface area contributed by atoms with Gasteiger partial charge in [-0.05, 0) is 39.0 Å². The highest BCUT2D eigenvalue weighted by Gasteiger charge is 2.40. The molecule has 1 aliphatic heterocycles. The van der Waals surface area contributed by atoms with Gasteiger partial charge in [0, 0.05) is 29.9 Å². The van der Waals surface area contributed by atoms with Gasteiger partial charge >= 0.3 is 0 Å². The summed E-state index contributed by atoms with van der Waals surface area (Å²) in [4.78, 5) is 34.6. The third-order valence-corrected chi connectivity index (χ3v) is 5.85. The van der Waals surface area contributed by atoms with Gasteiger partial charge in [0.25, 0.3) is 0 Å². The van der Waals surface area contributed by atoms with E-state index in [9.17, 15) is 14.3 Å². The maximum atomic E-state index is 13.9. The Labute approximate surface area is 212 Å². The van der Waals surface area contributed by atoms with Crippen molar-refractivity contribution in [3.8, 4) is 11.4 Å². The number of rotatable bonds is 7. The lowest BCUT2D eigenvalue weighted by molar-refractivity contribution is -0.135. The molecule has 5 heterocycles. The number of carbonyl (C=O) groups is 1. The van der Waals surface area contributed by atoms with Gasteiger partial charge in [-0.2, -0.15) is 0 Å². The van der Waals surface area contributed by atoms with Crippen LogP contribution < -0.4 is 10.6 Å². The second-order valence-corrected chi connectivity index (χ2v) is 9.22. The number of anilines is 1. The standard InChI is InChI=1S/C25H27FN8O3/c1-13(2)30-24(36)19-8-18(35)25(37-19)34-12-29-20-22(28-11-17-6-4-5-14(3)31-17)32-21(33-23(20)34)15-7-16(26)10-27-9-15/h4-7,9-10,12-13,18-19,25,35H,8,11H2,1-3H3,(H,30,36)(H,28,32,33)/t18-,19+,25-/m1/s1. The minimum Gasteiger partial charge on any atom is -0.388 e. The largest absolute Gasteiger partial charge is 0.388 e. The van der Waals surface area contributed by atoms with Crippen LogP contribution in [0.2, 0.25) is 0 Å². The molecule has 0 bridgehead atoms. The summed E-state index contributed by atoms with van der Waals surface area (Å²) in [5, 5.41) is 16.8. The molecular weight excluding hydrogens is 479 g/mol. The Morgan fingerprint density at radius 1 is 1.27 bits per heavy atom. The van der Waals surface area contributed by atoms with Gasteiger partial charge < -0.3 is 20.5 Å². The number of hydrogen-bond acceptors (Lipinski definition) is 9. The first kappa shape index (κ1) is 24.7. The first-order valence-electron chi connectivity index (χ1n) is 11.9. The topological polar surface area (TPSA) is 140 Å². The highest BCUT2D eigenvalue weighted by atomic mass is 19.1. The number of imidazole rings is 1. The Balaban J connectivity index is 1.53. The smallest absolute Gasteiger partial charge is 0.249 e. The Morgan fingerprint density at radius 3 is 2.86 bits per heavy atom. The molecule has 0 radical (unpaired) electrons. The molecular formula is C25H27FN8O3. The van der Waals surface area contributed by atoms with Crippen LogP contribution in [0, 0.1) is 12.7 Å². The van der Waals surface area contributed by atoms with Crippen LogP contribution in [0.3, 0.4) is 0 Å². The number of carbonyl (C=O) groups excluding carboxylic acids is 1. The van der Waals surface area contributed by atoms with Gasteiger partial charge in [-0.15, -0.1) is 0 Å². The number of aliphatic hydroxyl groups is 1. The molecule has 0 unspecified atom stereocenters. The molecule has 4 aromatic heterocycles. The van der Waals surface area contributed by atoms with Gasteiger partial charge in [0.2, 0.25) is 5.91 Å². The maximum absolute atomic E-state index is 13.9. The van der Waals surface area contributed by atoms with E-state index in [0.717, 1.165) is 17.6 Å². The average Bonchev–Trinajstić information content (AvgIpc) is 3.45. The first-order chi connectivity index (χ1) is 17.8. The predicted molar refractivity (Wildman–Crippen MR) is 133 cm³/mol. The fourth-order valence-electron chi connectivity index (χ4n) is 4.21. The van der Waals surface area contributed by atoms with Crippen molar-refractivity contribution in [3.05, 3.63) is 60.2 Å². The lowest BCUT2D eigenvalue weighted by Gasteiger charge is -2.18. The molecule has 0 aliphatic carbocycles. The van der Waals surface area contributed by atoms with E-state index in [1.165, 1.54) is 18.6 Å². The van der Waals surface area contributed by atoms with Crippen molar-refractivity contribution >= 4 is 22.9 Å². The summed E-state index contributed by atoms with van der Waals surface area (Å²) in [7, 11) is 0. The molecule has 1 saturated heterocycles. The van der Waals surface area contributed by atoms with E-state index in [1.807, 2.05) is 39.0 Å². The van der Waals surface area contributed by atoms with Gasteiger partial charge in [-0.1, -0.05) is 6.07 Å². The van der Waals surface area contributed by atoms with Crippen LogP contribution >= 0.6 is 0 Å². The quantitative estimate of drug-likeness (QED) is 0.345. The van der Waals surface area contributed by atoms with Crippen molar-refractivity contribution in [2.24, 2.45) is 0 Å². The Bertz CT molecular complexity index is 1440. The number of nitrogens with zero attached hydrogens (tertiary/aromatic N) is 6. The van der Waals surface area contributed by atoms with Crippen molar-refractivity contribution in [2.45, 2.75) is 58.2 Å². The molecule has 12 heteroatoms. The third kappa shape index (κ3) is 5.25. The summed E-state index contributed by atoms with van der Waals surface area (Å²) in [5.74, 6) is -0.215. The molecule has 0 saturated carbocycles. The molecule has 1 amide bonds. The fraction of sp³-hybridized carbons (Fsp3) is 0.360. The highest BCUT2D eigenvalue weighted by Crippen LogP contribution is 2.33. The van der Waals surface area contributed by atoms with E-state index in [1.54, 1.807) is 4.57 Å². The molecule has 192 valence electrons. The number of pyridine rings is 2. The lowest BCUT2D eigenvalue weighted by Crippen LogP contribution is -2.38. The summed E-state index contributed by atoms with van der Waals surface area (Å²) in [5.41, 5.74) is 2.82. The lowest BCUT2D eigenvalue weighted by atomic mass is 10.2. The number of ether oxygens (including phenoxy) is 1. The summed E-state index contributed by atoms with van der Waals surface area (Å²) in [6, 6.07) is 6.93. The molecule has 1 aliphatic rings. The van der Waals surface area contributed by atoms with Crippen molar-refractivity contribution in [2.75, 3.05) is 5.32 Å². The van der Waals surface area contributed by atoms with Crippen LogP contribution in [-0.2, 0) is 16.1 Å². The zero-order chi connectivity index (χ0) is 26.1. The minimum absolute atomic E-state index is 0.0620. The molecule has 0 spiro atoms. The molecule has 4 aromatic rings. The Hall–Kier alpha value is -4.03. The Kier molecular flexibility index (Phi) is 6.76. The third-order valence-electron chi connectivity index (χ3n) is 5.85. The number of aromatic nitrogens is 6. The van der Waals surface area contributed by atoms with Crippen LogP contribution in [0.5, 0.6) is 0 Å². The predicted octanol–water partition coefficient (Wildman–Crippen LogP) is 2.52. The van der Waals surface area contributed by atoms with E-state index in [0.29, 0.717) is 29.1 Å².